The van der Waals surface area contributed by atoms with Crippen LogP contribution in [-0.2, 0) is 16.0 Å². The smallest absolute Gasteiger partial charge is 0.304 e. The third-order valence-corrected chi connectivity index (χ3v) is 3.46. The first kappa shape index (κ1) is 13.3. The summed E-state index contributed by atoms with van der Waals surface area (Å²) in [6.45, 7) is 2.36. The average Bonchev–Trinajstić information content (AvgIpc) is 2.90. The molecular weight excluding hydrogens is 266 g/mol. The van der Waals surface area contributed by atoms with Crippen LogP contribution in [0.2, 0.25) is 0 Å². The second-order valence-electron chi connectivity index (χ2n) is 4.95. The molecule has 1 aliphatic rings. The van der Waals surface area contributed by atoms with Crippen LogP contribution in [0, 0.1) is 6.92 Å². The van der Waals surface area contributed by atoms with Gasteiger partial charge in [-0.2, -0.15) is 0 Å². The molecule has 1 aromatic heterocycles. The van der Waals surface area contributed by atoms with Gasteiger partial charge in [-0.1, -0.05) is 24.3 Å². The molecule has 2 aromatic rings. The minimum Gasteiger partial charge on any atom is -0.304 e. The second kappa shape index (κ2) is 5.36. The highest BCUT2D eigenvalue weighted by atomic mass is 16.2. The number of carbonyl (C=O) groups is 2. The van der Waals surface area contributed by atoms with Gasteiger partial charge in [0.05, 0.1) is 0 Å². The number of anilines is 2. The van der Waals surface area contributed by atoms with Gasteiger partial charge in [0.1, 0.15) is 5.82 Å². The number of rotatable bonds is 1. The van der Waals surface area contributed by atoms with E-state index in [0.717, 1.165) is 23.4 Å². The van der Waals surface area contributed by atoms with Gasteiger partial charge in [0.15, 0.2) is 0 Å². The van der Waals surface area contributed by atoms with Crippen molar-refractivity contribution < 1.29 is 9.59 Å². The lowest BCUT2D eigenvalue weighted by Crippen LogP contribution is -2.38. The fraction of sp³-hybridized carbons (Fsp3) is 0.188. The van der Waals surface area contributed by atoms with Crippen molar-refractivity contribution in [3.05, 3.63) is 53.7 Å². The van der Waals surface area contributed by atoms with E-state index in [-0.39, 0.29) is 0 Å². The van der Waals surface area contributed by atoms with Crippen molar-refractivity contribution in [2.24, 2.45) is 0 Å². The molecule has 0 atom stereocenters. The first-order valence-corrected chi connectivity index (χ1v) is 6.79. The fourth-order valence-electron chi connectivity index (χ4n) is 2.45. The molecule has 0 bridgehead atoms. The number of aryl methyl sites for hydroxylation is 1. The van der Waals surface area contributed by atoms with Crippen LogP contribution >= 0.6 is 0 Å². The fourth-order valence-corrected chi connectivity index (χ4v) is 2.45. The molecule has 0 saturated carbocycles. The number of benzene rings is 1. The minimum absolute atomic E-state index is 0.390. The number of fused-ring (bicyclic) bond motifs is 1. The number of hydrogen-bond donors (Lipinski definition) is 1. The molecule has 0 radical (unpaired) electrons. The molecule has 3 rings (SSSR count). The summed E-state index contributed by atoms with van der Waals surface area (Å²) in [6.07, 6.45) is 0.776. The van der Waals surface area contributed by atoms with Crippen molar-refractivity contribution in [2.75, 3.05) is 16.8 Å². The van der Waals surface area contributed by atoms with E-state index >= 15 is 0 Å². The third kappa shape index (κ3) is 2.63. The van der Waals surface area contributed by atoms with Crippen LogP contribution in [0.3, 0.4) is 0 Å². The molecule has 2 heterocycles. The molecule has 106 valence electrons. The van der Waals surface area contributed by atoms with Crippen molar-refractivity contribution >= 4 is 23.3 Å². The Hall–Kier alpha value is -2.69. The summed E-state index contributed by atoms with van der Waals surface area (Å²) in [5.74, 6) is -0.825. The number of hydrogen-bond acceptors (Lipinski definition) is 3. The number of nitrogens with zero attached hydrogens (tertiary/aromatic N) is 2. The molecule has 2 amide bonds. The van der Waals surface area contributed by atoms with Crippen molar-refractivity contribution in [3.63, 3.8) is 0 Å². The molecule has 21 heavy (non-hydrogen) atoms. The molecule has 1 N–H and O–H groups in total. The number of pyridine rings is 1. The topological polar surface area (TPSA) is 62.3 Å². The zero-order chi connectivity index (χ0) is 14.8. The zero-order valence-corrected chi connectivity index (χ0v) is 11.7. The van der Waals surface area contributed by atoms with Crippen LogP contribution in [0.1, 0.15) is 11.3 Å². The van der Waals surface area contributed by atoms with Gasteiger partial charge in [-0.15, -0.1) is 0 Å². The van der Waals surface area contributed by atoms with Crippen LogP contribution < -0.4 is 10.2 Å². The standard InChI is InChI=1S/C16H15N3O2/c1-11-5-4-8-14(17-11)18-15(20)16(21)19-10-9-12-6-2-3-7-13(12)19/h2-8H,9-10H2,1H3,(H,17,18,20). The molecule has 5 nitrogen and oxygen atoms in total. The maximum Gasteiger partial charge on any atom is 0.316 e. The highest BCUT2D eigenvalue weighted by Crippen LogP contribution is 2.27. The maximum absolute atomic E-state index is 12.3. The van der Waals surface area contributed by atoms with Gasteiger partial charge in [0, 0.05) is 17.9 Å². The van der Waals surface area contributed by atoms with Gasteiger partial charge < -0.3 is 10.2 Å². The van der Waals surface area contributed by atoms with Gasteiger partial charge >= 0.3 is 11.8 Å². The third-order valence-electron chi connectivity index (χ3n) is 3.46. The predicted molar refractivity (Wildman–Crippen MR) is 80.1 cm³/mol. The van der Waals surface area contributed by atoms with Crippen LogP contribution in [0.15, 0.2) is 42.5 Å². The van der Waals surface area contributed by atoms with Crippen LogP contribution in [-0.4, -0.2) is 23.3 Å². The van der Waals surface area contributed by atoms with E-state index < -0.39 is 11.8 Å². The number of carbonyl (C=O) groups excluding carboxylic acids is 2. The van der Waals surface area contributed by atoms with Gasteiger partial charge in [-0.3, -0.25) is 9.59 Å². The Labute approximate surface area is 122 Å². The lowest BCUT2D eigenvalue weighted by atomic mass is 10.2. The lowest BCUT2D eigenvalue weighted by molar-refractivity contribution is -0.134. The predicted octanol–water partition coefficient (Wildman–Crippen LogP) is 1.92. The molecule has 0 saturated heterocycles. The highest BCUT2D eigenvalue weighted by Gasteiger charge is 2.28. The summed E-state index contributed by atoms with van der Waals surface area (Å²) in [5.41, 5.74) is 2.69. The molecule has 0 unspecified atom stereocenters. The SMILES string of the molecule is Cc1cccc(NC(=O)C(=O)N2CCc3ccccc32)n1. The minimum atomic E-state index is -0.662. The van der Waals surface area contributed by atoms with E-state index in [2.05, 4.69) is 10.3 Å². The average molecular weight is 281 g/mol. The summed E-state index contributed by atoms with van der Waals surface area (Å²) < 4.78 is 0. The lowest BCUT2D eigenvalue weighted by Gasteiger charge is -2.16. The number of nitrogens with one attached hydrogen (secondary N) is 1. The molecule has 5 heteroatoms. The van der Waals surface area contributed by atoms with Gasteiger partial charge in [0.2, 0.25) is 0 Å². The first-order chi connectivity index (χ1) is 10.1. The van der Waals surface area contributed by atoms with Crippen LogP contribution in [0.5, 0.6) is 0 Å². The Morgan fingerprint density at radius 1 is 1.14 bits per heavy atom. The van der Waals surface area contributed by atoms with Crippen LogP contribution in [0.4, 0.5) is 11.5 Å². The summed E-state index contributed by atoms with van der Waals surface area (Å²) >= 11 is 0. The molecule has 0 fully saturated rings. The van der Waals surface area contributed by atoms with E-state index in [0.29, 0.717) is 12.4 Å². The monoisotopic (exact) mass is 281 g/mol. The normalized spacial score (nSPS) is 12.9. The van der Waals surface area contributed by atoms with E-state index in [9.17, 15) is 9.59 Å². The Morgan fingerprint density at radius 3 is 2.76 bits per heavy atom. The number of amides is 2. The van der Waals surface area contributed by atoms with Crippen molar-refractivity contribution in [1.29, 1.82) is 0 Å². The molecular formula is C16H15N3O2. The van der Waals surface area contributed by atoms with Gasteiger partial charge in [-0.05, 0) is 37.1 Å². The van der Waals surface area contributed by atoms with Gasteiger partial charge in [-0.25, -0.2) is 4.98 Å². The Bertz CT molecular complexity index is 712. The maximum atomic E-state index is 12.3. The van der Waals surface area contributed by atoms with Crippen molar-refractivity contribution in [2.45, 2.75) is 13.3 Å². The molecule has 0 aliphatic carbocycles. The van der Waals surface area contributed by atoms with E-state index in [4.69, 9.17) is 0 Å². The molecule has 1 aromatic carbocycles. The second-order valence-corrected chi connectivity index (χ2v) is 4.95. The van der Waals surface area contributed by atoms with Crippen molar-refractivity contribution in [1.82, 2.24) is 4.98 Å². The summed E-state index contributed by atoms with van der Waals surface area (Å²) in [4.78, 5) is 30.0. The van der Waals surface area contributed by atoms with E-state index in [1.165, 1.54) is 4.90 Å². The summed E-state index contributed by atoms with van der Waals surface area (Å²) in [6, 6.07) is 12.9. The van der Waals surface area contributed by atoms with E-state index in [1.54, 1.807) is 12.1 Å². The van der Waals surface area contributed by atoms with Crippen molar-refractivity contribution in [3.8, 4) is 0 Å². The highest BCUT2D eigenvalue weighted by molar-refractivity contribution is 6.44. The first-order valence-electron chi connectivity index (χ1n) is 6.79. The zero-order valence-electron chi connectivity index (χ0n) is 11.7. The van der Waals surface area contributed by atoms with Crippen LogP contribution in [0.25, 0.3) is 0 Å². The number of aromatic nitrogens is 1. The largest absolute Gasteiger partial charge is 0.316 e. The molecule has 0 spiro atoms. The van der Waals surface area contributed by atoms with Gasteiger partial charge in [0.25, 0.3) is 0 Å². The summed E-state index contributed by atoms with van der Waals surface area (Å²) in [7, 11) is 0. The molecule has 1 aliphatic heterocycles. The Balaban J connectivity index is 1.76. The quantitative estimate of drug-likeness (QED) is 0.812. The Morgan fingerprint density at radius 2 is 1.95 bits per heavy atom. The number of para-hydroxylation sites is 1. The van der Waals surface area contributed by atoms with E-state index in [1.807, 2.05) is 37.3 Å². The summed E-state index contributed by atoms with van der Waals surface area (Å²) in [5, 5.41) is 2.55. The Kier molecular flexibility index (Phi) is 3.39.